The van der Waals surface area contributed by atoms with Crippen molar-refractivity contribution in [2.45, 2.75) is 90.2 Å². The van der Waals surface area contributed by atoms with Crippen LogP contribution >= 0.6 is 0 Å². The molecule has 0 amide bonds. The van der Waals surface area contributed by atoms with E-state index in [-0.39, 0.29) is 18.6 Å². The first kappa shape index (κ1) is 29.7. The molecule has 1 fully saturated rings. The third kappa shape index (κ3) is 6.42. The van der Waals surface area contributed by atoms with Crippen molar-refractivity contribution in [1.29, 1.82) is 0 Å². The van der Waals surface area contributed by atoms with Crippen LogP contribution in [0.5, 0.6) is 0 Å². The molecule has 34 heavy (non-hydrogen) atoms. The van der Waals surface area contributed by atoms with Gasteiger partial charge in [0.15, 0.2) is 6.10 Å². The quantitative estimate of drug-likeness (QED) is 0.320. The summed E-state index contributed by atoms with van der Waals surface area (Å²) in [5, 5.41) is 0. The molecule has 0 aromatic carbocycles. The Hall–Kier alpha value is -2.32. The van der Waals surface area contributed by atoms with Crippen molar-refractivity contribution in [3.05, 3.63) is 0 Å². The summed E-state index contributed by atoms with van der Waals surface area (Å²) in [7, 11) is -3.23. The van der Waals surface area contributed by atoms with E-state index in [1.165, 1.54) is 6.92 Å². The molecule has 1 heterocycles. The zero-order valence-corrected chi connectivity index (χ0v) is 21.0. The van der Waals surface area contributed by atoms with Gasteiger partial charge in [0.05, 0.1) is 18.9 Å². The van der Waals surface area contributed by atoms with Crippen LogP contribution in [0.3, 0.4) is 0 Å². The Kier molecular flexibility index (Phi) is 9.97. The lowest BCUT2D eigenvalue weighted by Crippen LogP contribution is -2.78. The van der Waals surface area contributed by atoms with Crippen molar-refractivity contribution in [1.82, 2.24) is 4.72 Å². The molecule has 1 aliphatic rings. The molecule has 1 unspecified atom stereocenters. The summed E-state index contributed by atoms with van der Waals surface area (Å²) in [6.07, 6.45) is -5.92. The Labute approximate surface area is 197 Å². The molecule has 1 aliphatic heterocycles. The number of methoxy groups -OCH3 is 1. The van der Waals surface area contributed by atoms with Crippen molar-refractivity contribution >= 4 is 33.9 Å². The maximum Gasteiger partial charge on any atom is 0.383 e. The Morgan fingerprint density at radius 1 is 1.09 bits per heavy atom. The second-order valence-electron chi connectivity index (χ2n) is 7.94. The van der Waals surface area contributed by atoms with E-state index >= 15 is 4.39 Å². The molecule has 196 valence electrons. The van der Waals surface area contributed by atoms with Crippen LogP contribution in [0.15, 0.2) is 0 Å². The number of halogens is 1. The second-order valence-corrected chi connectivity index (χ2v) is 9.81. The lowest BCUT2D eigenvalue weighted by Gasteiger charge is -2.54. The van der Waals surface area contributed by atoms with Gasteiger partial charge in [0.2, 0.25) is 16.2 Å². The van der Waals surface area contributed by atoms with Crippen LogP contribution in [-0.4, -0.2) is 81.0 Å². The summed E-state index contributed by atoms with van der Waals surface area (Å²) in [5.41, 5.74) is -2.09. The van der Waals surface area contributed by atoms with Crippen molar-refractivity contribution in [3.63, 3.8) is 0 Å². The highest BCUT2D eigenvalue weighted by atomic mass is 32.2. The minimum Gasteiger partial charge on any atom is -0.464 e. The minimum atomic E-state index is -4.10. The van der Waals surface area contributed by atoms with Gasteiger partial charge in [-0.3, -0.25) is 14.4 Å². The van der Waals surface area contributed by atoms with Gasteiger partial charge in [-0.15, -0.1) is 0 Å². The van der Waals surface area contributed by atoms with Crippen LogP contribution in [0, 0.1) is 0 Å². The molecule has 1 saturated heterocycles. The maximum atomic E-state index is 16.0. The topological polar surface area (TPSA) is 161 Å². The lowest BCUT2D eigenvalue weighted by atomic mass is 9.78. The normalized spacial score (nSPS) is 30.1. The number of rotatable bonds is 10. The van der Waals surface area contributed by atoms with Gasteiger partial charge in [-0.2, -0.15) is 0 Å². The first-order chi connectivity index (χ1) is 15.6. The van der Waals surface area contributed by atoms with E-state index < -0.39 is 69.7 Å². The summed E-state index contributed by atoms with van der Waals surface area (Å²) in [4.78, 5) is 48.3. The number of hydrogen-bond donors (Lipinski definition) is 1. The van der Waals surface area contributed by atoms with Gasteiger partial charge in [0.1, 0.15) is 11.7 Å². The number of ether oxygens (including phenoxy) is 5. The monoisotopic (exact) mass is 513 g/mol. The smallest absolute Gasteiger partial charge is 0.383 e. The van der Waals surface area contributed by atoms with Crippen LogP contribution in [0.1, 0.15) is 54.4 Å². The molecular weight excluding hydrogens is 481 g/mol. The molecule has 1 N–H and O–H groups in total. The SMILES string of the molecule is CCCS(=O)(=O)N[C@@H]1[C@H](OC(C)=O)C(F)[C@](OC(C)=O)(C(=O)OC)O[C@]1(C)[C@@H](CC)OC(C)=O. The van der Waals surface area contributed by atoms with Gasteiger partial charge >= 0.3 is 29.7 Å². The number of carbonyl (C=O) groups excluding carboxylic acids is 4. The molecule has 14 heteroatoms. The number of nitrogens with one attached hydrogen (secondary N) is 1. The Morgan fingerprint density at radius 2 is 1.68 bits per heavy atom. The molecule has 0 aromatic rings. The Balaban J connectivity index is 3.92. The minimum absolute atomic E-state index is 0.0108. The van der Waals surface area contributed by atoms with E-state index in [1.807, 2.05) is 0 Å². The van der Waals surface area contributed by atoms with E-state index in [9.17, 15) is 27.6 Å². The summed E-state index contributed by atoms with van der Waals surface area (Å²) in [5.74, 6) is -7.95. The van der Waals surface area contributed by atoms with E-state index in [1.54, 1.807) is 13.8 Å². The van der Waals surface area contributed by atoms with Gasteiger partial charge in [-0.25, -0.2) is 22.3 Å². The second kappa shape index (κ2) is 11.4. The van der Waals surface area contributed by atoms with E-state index in [4.69, 9.17) is 18.9 Å². The summed E-state index contributed by atoms with van der Waals surface area (Å²) in [6.45, 7) is 7.24. The lowest BCUT2D eigenvalue weighted by molar-refractivity contribution is -0.349. The van der Waals surface area contributed by atoms with Crippen molar-refractivity contribution in [3.8, 4) is 0 Å². The molecule has 12 nitrogen and oxygen atoms in total. The molecule has 0 saturated carbocycles. The number of sulfonamides is 1. The molecule has 0 bridgehead atoms. The summed E-state index contributed by atoms with van der Waals surface area (Å²) < 4.78 is 69.3. The number of esters is 4. The molecule has 0 aliphatic carbocycles. The zero-order valence-electron chi connectivity index (χ0n) is 20.2. The predicted molar refractivity (Wildman–Crippen MR) is 113 cm³/mol. The van der Waals surface area contributed by atoms with Gasteiger partial charge < -0.3 is 23.7 Å². The molecule has 6 atom stereocenters. The van der Waals surface area contributed by atoms with E-state index in [0.717, 1.165) is 27.9 Å². The van der Waals surface area contributed by atoms with Crippen LogP contribution in [0.25, 0.3) is 0 Å². The van der Waals surface area contributed by atoms with Crippen molar-refractivity contribution in [2.24, 2.45) is 0 Å². The standard InChI is InChI=1S/C20H32FNO11S/c1-8-10-34(27,28)22-17-15(31-12(4)24)16(21)20(18(26)29-7,32-13(5)25)33-19(17,6)14(9-2)30-11(3)23/h14-17,22H,8-10H2,1-7H3/t14-,15-,16?,17-,19-,20-/m1/s1. The van der Waals surface area contributed by atoms with Gasteiger partial charge in [-0.1, -0.05) is 13.8 Å². The molecule has 0 spiro atoms. The maximum absolute atomic E-state index is 16.0. The van der Waals surface area contributed by atoms with E-state index in [2.05, 4.69) is 9.46 Å². The molecule has 1 rings (SSSR count). The number of hydrogen-bond acceptors (Lipinski definition) is 11. The van der Waals surface area contributed by atoms with Crippen LogP contribution < -0.4 is 4.72 Å². The Bertz CT molecular complexity index is 895. The fraction of sp³-hybridized carbons (Fsp3) is 0.800. The average Bonchev–Trinajstić information content (AvgIpc) is 2.70. The summed E-state index contributed by atoms with van der Waals surface area (Å²) in [6, 6.07) is -1.71. The summed E-state index contributed by atoms with van der Waals surface area (Å²) >= 11 is 0. The molecule has 0 radical (unpaired) electrons. The molecular formula is C20H32FNO11S. The predicted octanol–water partition coefficient (Wildman–Crippen LogP) is 0.517. The number of carbonyl (C=O) groups is 4. The number of alkyl halides is 1. The van der Waals surface area contributed by atoms with Crippen LogP contribution in [0.2, 0.25) is 0 Å². The zero-order chi connectivity index (χ0) is 26.5. The van der Waals surface area contributed by atoms with E-state index in [0.29, 0.717) is 0 Å². The average molecular weight is 514 g/mol. The van der Waals surface area contributed by atoms with Gasteiger partial charge in [-0.05, 0) is 19.8 Å². The first-order valence-corrected chi connectivity index (χ1v) is 12.2. The first-order valence-electron chi connectivity index (χ1n) is 10.6. The Morgan fingerprint density at radius 3 is 2.09 bits per heavy atom. The van der Waals surface area contributed by atoms with Crippen molar-refractivity contribution < 1.29 is 55.7 Å². The van der Waals surface area contributed by atoms with Gasteiger partial charge in [0, 0.05) is 20.8 Å². The van der Waals surface area contributed by atoms with Crippen LogP contribution in [0.4, 0.5) is 4.39 Å². The highest BCUT2D eigenvalue weighted by Crippen LogP contribution is 2.44. The fourth-order valence-corrected chi connectivity index (χ4v) is 5.29. The highest BCUT2D eigenvalue weighted by Gasteiger charge is 2.70. The van der Waals surface area contributed by atoms with Crippen molar-refractivity contribution in [2.75, 3.05) is 12.9 Å². The fourth-order valence-electron chi connectivity index (χ4n) is 3.88. The molecule has 0 aromatic heterocycles. The largest absolute Gasteiger partial charge is 0.464 e. The highest BCUT2D eigenvalue weighted by molar-refractivity contribution is 7.89. The van der Waals surface area contributed by atoms with Crippen LogP contribution in [-0.2, 0) is 52.9 Å². The van der Waals surface area contributed by atoms with Gasteiger partial charge in [0.25, 0.3) is 0 Å². The third-order valence-corrected chi connectivity index (χ3v) is 6.69. The third-order valence-electron chi connectivity index (χ3n) is 5.13.